The third-order valence-corrected chi connectivity index (χ3v) is 9.94. The molecule has 2 N–H and O–H groups in total. The maximum absolute atomic E-state index is 13.9. The Bertz CT molecular complexity index is 1490. The molecule has 0 bridgehead atoms. The molecule has 2 atom stereocenters. The topological polar surface area (TPSA) is 124 Å². The molecule has 0 spiro atoms. The Labute approximate surface area is 236 Å². The van der Waals surface area contributed by atoms with Gasteiger partial charge in [-0.3, -0.25) is 14.4 Å². The minimum absolute atomic E-state index is 0.0122. The average Bonchev–Trinajstić information content (AvgIpc) is 3.34. The van der Waals surface area contributed by atoms with Crippen LogP contribution in [0.15, 0.2) is 64.9 Å². The van der Waals surface area contributed by atoms with Gasteiger partial charge in [-0.1, -0.05) is 59.1 Å². The van der Waals surface area contributed by atoms with Crippen molar-refractivity contribution in [1.29, 1.82) is 0 Å². The third kappa shape index (κ3) is 6.50. The standard InChI is InChI=1S/C27H28ClN3O6S2/c1-17-7-9-19(10-8-17)27(35)30-13-4-14-31(39(36,37)24-12-11-22(28)38-24)26(30)25(34)29-21(16-23(32)33)20-6-3-5-18(2)15-20/h3,5-12,15,21,26H,4,13-14,16H2,1-2H3,(H,29,34)(H,32,33). The van der Waals surface area contributed by atoms with Gasteiger partial charge in [0.05, 0.1) is 16.8 Å². The lowest BCUT2D eigenvalue weighted by Crippen LogP contribution is -2.63. The molecule has 4 rings (SSSR count). The summed E-state index contributed by atoms with van der Waals surface area (Å²) in [6.45, 7) is 3.84. The molecule has 206 valence electrons. The maximum Gasteiger partial charge on any atom is 0.305 e. The Morgan fingerprint density at radius 2 is 1.77 bits per heavy atom. The molecule has 1 aliphatic heterocycles. The van der Waals surface area contributed by atoms with Crippen molar-refractivity contribution < 1.29 is 27.9 Å². The lowest BCUT2D eigenvalue weighted by atomic mass is 10.0. The first-order valence-corrected chi connectivity index (χ1v) is 14.8. The Hall–Kier alpha value is -3.25. The van der Waals surface area contributed by atoms with Crippen LogP contribution in [0.4, 0.5) is 0 Å². The highest BCUT2D eigenvalue weighted by Crippen LogP contribution is 2.32. The summed E-state index contributed by atoms with van der Waals surface area (Å²) in [4.78, 5) is 40.5. The number of carbonyl (C=O) groups excluding carboxylic acids is 2. The summed E-state index contributed by atoms with van der Waals surface area (Å²) < 4.78 is 28.6. The van der Waals surface area contributed by atoms with Crippen molar-refractivity contribution in [3.8, 4) is 0 Å². The fourth-order valence-corrected chi connectivity index (χ4v) is 7.71. The lowest BCUT2D eigenvalue weighted by Gasteiger charge is -2.42. The Balaban J connectivity index is 1.75. The maximum atomic E-state index is 13.9. The summed E-state index contributed by atoms with van der Waals surface area (Å²) in [6.07, 6.45) is -1.67. The molecular weight excluding hydrogens is 562 g/mol. The predicted octanol–water partition coefficient (Wildman–Crippen LogP) is 4.21. The summed E-state index contributed by atoms with van der Waals surface area (Å²) >= 11 is 6.86. The van der Waals surface area contributed by atoms with Gasteiger partial charge in [-0.15, -0.1) is 11.3 Å². The number of nitrogens with one attached hydrogen (secondary N) is 1. The fraction of sp³-hybridized carbons (Fsp3) is 0.296. The van der Waals surface area contributed by atoms with Gasteiger partial charge in [-0.2, -0.15) is 4.31 Å². The number of sulfonamides is 1. The van der Waals surface area contributed by atoms with Crippen LogP contribution in [0.25, 0.3) is 0 Å². The second kappa shape index (κ2) is 11.9. The zero-order chi connectivity index (χ0) is 28.3. The van der Waals surface area contributed by atoms with Gasteiger partial charge < -0.3 is 15.3 Å². The number of carboxylic acid groups (broad SMARTS) is 1. The number of carboxylic acids is 1. The van der Waals surface area contributed by atoms with Gasteiger partial charge in [0, 0.05) is 18.7 Å². The third-order valence-electron chi connectivity index (χ3n) is 6.39. The van der Waals surface area contributed by atoms with Gasteiger partial charge in [0.2, 0.25) is 0 Å². The minimum atomic E-state index is -4.22. The van der Waals surface area contributed by atoms with Gasteiger partial charge in [-0.25, -0.2) is 8.42 Å². The number of aliphatic carboxylic acids is 1. The van der Waals surface area contributed by atoms with Crippen LogP contribution in [0.2, 0.25) is 4.34 Å². The quantitative estimate of drug-likeness (QED) is 0.405. The van der Waals surface area contributed by atoms with Crippen LogP contribution in [0.3, 0.4) is 0 Å². The van der Waals surface area contributed by atoms with Crippen molar-refractivity contribution in [1.82, 2.24) is 14.5 Å². The number of hydrogen-bond donors (Lipinski definition) is 2. The molecule has 2 unspecified atom stereocenters. The molecule has 1 aromatic heterocycles. The molecule has 2 amide bonds. The number of nitrogens with zero attached hydrogens (tertiary/aromatic N) is 2. The van der Waals surface area contributed by atoms with E-state index < -0.39 is 46.4 Å². The summed E-state index contributed by atoms with van der Waals surface area (Å²) in [6, 6.07) is 15.7. The van der Waals surface area contributed by atoms with E-state index in [1.54, 1.807) is 42.5 Å². The molecule has 1 saturated heterocycles. The van der Waals surface area contributed by atoms with Crippen LogP contribution < -0.4 is 5.32 Å². The van der Waals surface area contributed by atoms with Crippen molar-refractivity contribution in [2.75, 3.05) is 13.1 Å². The van der Waals surface area contributed by atoms with Gasteiger partial charge in [-0.05, 0) is 50.1 Å². The van der Waals surface area contributed by atoms with Crippen LogP contribution in [0.5, 0.6) is 0 Å². The van der Waals surface area contributed by atoms with Crippen molar-refractivity contribution >= 4 is 50.7 Å². The van der Waals surface area contributed by atoms with Crippen molar-refractivity contribution in [2.24, 2.45) is 0 Å². The SMILES string of the molecule is Cc1ccc(C(=O)N2CCCN(S(=O)(=O)c3ccc(Cl)s3)C2C(=O)NC(CC(=O)O)c2cccc(C)c2)cc1. The molecule has 12 heteroatoms. The lowest BCUT2D eigenvalue weighted by molar-refractivity contribution is -0.138. The fourth-order valence-electron chi connectivity index (χ4n) is 4.51. The molecule has 1 aliphatic rings. The number of halogens is 1. The molecule has 39 heavy (non-hydrogen) atoms. The number of carbonyl (C=O) groups is 3. The van der Waals surface area contributed by atoms with E-state index in [9.17, 15) is 27.9 Å². The van der Waals surface area contributed by atoms with E-state index >= 15 is 0 Å². The second-order valence-electron chi connectivity index (χ2n) is 9.34. The van der Waals surface area contributed by atoms with E-state index in [2.05, 4.69) is 5.32 Å². The zero-order valence-corrected chi connectivity index (χ0v) is 23.7. The number of benzene rings is 2. The molecule has 9 nitrogen and oxygen atoms in total. The molecule has 0 saturated carbocycles. The van der Waals surface area contributed by atoms with E-state index in [-0.39, 0.29) is 21.6 Å². The monoisotopic (exact) mass is 589 g/mol. The van der Waals surface area contributed by atoms with Crippen LogP contribution >= 0.6 is 22.9 Å². The van der Waals surface area contributed by atoms with Gasteiger partial charge in [0.25, 0.3) is 21.8 Å². The summed E-state index contributed by atoms with van der Waals surface area (Å²) in [7, 11) is -4.22. The van der Waals surface area contributed by atoms with Crippen molar-refractivity contribution in [2.45, 2.75) is 43.1 Å². The number of aryl methyl sites for hydroxylation is 2. The van der Waals surface area contributed by atoms with E-state index in [0.29, 0.717) is 17.5 Å². The first kappa shape index (κ1) is 28.8. The molecule has 0 radical (unpaired) electrons. The zero-order valence-electron chi connectivity index (χ0n) is 21.3. The minimum Gasteiger partial charge on any atom is -0.481 e. The van der Waals surface area contributed by atoms with E-state index in [4.69, 9.17) is 11.6 Å². The van der Waals surface area contributed by atoms with E-state index in [1.807, 2.05) is 19.9 Å². The highest BCUT2D eigenvalue weighted by molar-refractivity contribution is 7.91. The van der Waals surface area contributed by atoms with Crippen LogP contribution in [-0.4, -0.2) is 59.8 Å². The highest BCUT2D eigenvalue weighted by Gasteiger charge is 2.45. The summed E-state index contributed by atoms with van der Waals surface area (Å²) in [5, 5.41) is 12.3. The van der Waals surface area contributed by atoms with E-state index in [0.717, 1.165) is 26.8 Å². The first-order valence-electron chi connectivity index (χ1n) is 12.2. The molecule has 2 heterocycles. The Kier molecular flexibility index (Phi) is 8.75. The van der Waals surface area contributed by atoms with Gasteiger partial charge >= 0.3 is 5.97 Å². The van der Waals surface area contributed by atoms with E-state index in [1.165, 1.54) is 17.0 Å². The Morgan fingerprint density at radius 1 is 1.05 bits per heavy atom. The second-order valence-corrected chi connectivity index (χ2v) is 13.2. The van der Waals surface area contributed by atoms with Crippen molar-refractivity contribution in [3.63, 3.8) is 0 Å². The Morgan fingerprint density at radius 3 is 2.38 bits per heavy atom. The molecule has 2 aromatic carbocycles. The van der Waals surface area contributed by atoms with Crippen molar-refractivity contribution in [3.05, 3.63) is 87.3 Å². The number of rotatable bonds is 8. The molecule has 1 fully saturated rings. The summed E-state index contributed by atoms with van der Waals surface area (Å²) in [5.41, 5.74) is 2.66. The largest absolute Gasteiger partial charge is 0.481 e. The van der Waals surface area contributed by atoms with Crippen LogP contribution in [0, 0.1) is 13.8 Å². The first-order chi connectivity index (χ1) is 18.5. The van der Waals surface area contributed by atoms with Crippen LogP contribution in [-0.2, 0) is 19.6 Å². The highest BCUT2D eigenvalue weighted by atomic mass is 35.5. The summed E-state index contributed by atoms with van der Waals surface area (Å²) in [5.74, 6) is -2.45. The molecule has 0 aliphatic carbocycles. The van der Waals surface area contributed by atoms with Gasteiger partial charge in [0.15, 0.2) is 6.17 Å². The number of hydrogen-bond acceptors (Lipinski definition) is 6. The van der Waals surface area contributed by atoms with Crippen LogP contribution in [0.1, 0.15) is 45.9 Å². The predicted molar refractivity (Wildman–Crippen MR) is 148 cm³/mol. The number of thiophene rings is 1. The average molecular weight is 590 g/mol. The molecule has 3 aromatic rings. The molecular formula is C27H28ClN3O6S2. The van der Waals surface area contributed by atoms with Gasteiger partial charge in [0.1, 0.15) is 4.21 Å². The number of amides is 2. The normalized spacial score (nSPS) is 17.0. The smallest absolute Gasteiger partial charge is 0.305 e.